The van der Waals surface area contributed by atoms with Crippen LogP contribution in [0.2, 0.25) is 0 Å². The van der Waals surface area contributed by atoms with Crippen LogP contribution >= 0.6 is 0 Å². The summed E-state index contributed by atoms with van der Waals surface area (Å²) in [5.41, 5.74) is 0.392. The Morgan fingerprint density at radius 3 is 2.18 bits per heavy atom. The first-order chi connectivity index (χ1) is 10.4. The Morgan fingerprint density at radius 2 is 1.73 bits per heavy atom. The van der Waals surface area contributed by atoms with Crippen LogP contribution in [0.15, 0.2) is 24.5 Å². The van der Waals surface area contributed by atoms with Crippen LogP contribution in [0.25, 0.3) is 0 Å². The largest absolute Gasteiger partial charge is 0.324 e. The average molecular weight is 305 g/mol. The van der Waals surface area contributed by atoms with Crippen LogP contribution in [-0.2, 0) is 0 Å². The molecule has 3 amide bonds. The number of pyridine rings is 1. The van der Waals surface area contributed by atoms with Gasteiger partial charge in [-0.05, 0) is 36.8 Å². The highest BCUT2D eigenvalue weighted by atomic mass is 16.2. The van der Waals surface area contributed by atoms with Gasteiger partial charge < -0.3 is 4.90 Å². The van der Waals surface area contributed by atoms with Crippen LogP contribution in [0.5, 0.6) is 0 Å². The smallest absolute Gasteiger partial charge is 0.324 e. The van der Waals surface area contributed by atoms with E-state index in [1.807, 2.05) is 0 Å². The number of aromatic nitrogens is 1. The normalized spacial score (nSPS) is 10.8. The number of rotatable bonds is 7. The lowest BCUT2D eigenvalue weighted by Crippen LogP contribution is -2.44. The van der Waals surface area contributed by atoms with Gasteiger partial charge in [-0.25, -0.2) is 4.79 Å². The van der Waals surface area contributed by atoms with Gasteiger partial charge in [0.25, 0.3) is 5.91 Å². The molecular formula is C17H27N3O2. The summed E-state index contributed by atoms with van der Waals surface area (Å²) in [6.45, 7) is 9.82. The summed E-state index contributed by atoms with van der Waals surface area (Å²) in [6.07, 6.45) is 4.89. The van der Waals surface area contributed by atoms with E-state index >= 15 is 0 Å². The standard InChI is InChI=1S/C17H27N3O2/c1-13(2)7-10-20(11-8-14(3)4)17(22)19-16(21)15-6-5-9-18-12-15/h5-6,9,12-14H,7-8,10-11H2,1-4H3,(H,19,21,22). The average Bonchev–Trinajstić information content (AvgIpc) is 2.47. The monoisotopic (exact) mass is 305 g/mol. The van der Waals surface area contributed by atoms with E-state index in [4.69, 9.17) is 0 Å². The second-order valence-corrected chi connectivity index (χ2v) is 6.35. The molecule has 1 N–H and O–H groups in total. The van der Waals surface area contributed by atoms with E-state index < -0.39 is 5.91 Å². The van der Waals surface area contributed by atoms with Crippen LogP contribution in [0, 0.1) is 11.8 Å². The SMILES string of the molecule is CC(C)CCN(CCC(C)C)C(=O)NC(=O)c1cccnc1. The Labute approximate surface area is 133 Å². The van der Waals surface area contributed by atoms with Gasteiger partial charge in [0.2, 0.25) is 0 Å². The lowest BCUT2D eigenvalue weighted by Gasteiger charge is -2.24. The van der Waals surface area contributed by atoms with E-state index in [1.54, 1.807) is 23.2 Å². The fourth-order valence-electron chi connectivity index (χ4n) is 1.89. The first-order valence-electron chi connectivity index (χ1n) is 7.90. The zero-order valence-corrected chi connectivity index (χ0v) is 14.0. The zero-order valence-electron chi connectivity index (χ0n) is 14.0. The molecule has 0 aliphatic carbocycles. The number of nitrogens with one attached hydrogen (secondary N) is 1. The van der Waals surface area contributed by atoms with Crippen molar-refractivity contribution in [1.29, 1.82) is 0 Å². The van der Waals surface area contributed by atoms with Gasteiger partial charge in [0, 0.05) is 25.5 Å². The number of nitrogens with zero attached hydrogens (tertiary/aromatic N) is 2. The highest BCUT2D eigenvalue weighted by molar-refractivity contribution is 6.03. The molecule has 5 heteroatoms. The van der Waals surface area contributed by atoms with Crippen LogP contribution < -0.4 is 5.32 Å². The Bertz CT molecular complexity index is 460. The molecule has 0 saturated heterocycles. The van der Waals surface area contributed by atoms with Crippen molar-refractivity contribution in [2.45, 2.75) is 40.5 Å². The lowest BCUT2D eigenvalue weighted by molar-refractivity contribution is 0.0950. The highest BCUT2D eigenvalue weighted by Crippen LogP contribution is 2.07. The summed E-state index contributed by atoms with van der Waals surface area (Å²) in [5.74, 6) is 0.629. The molecule has 0 aromatic carbocycles. The topological polar surface area (TPSA) is 62.3 Å². The molecule has 1 heterocycles. The summed E-state index contributed by atoms with van der Waals surface area (Å²) < 4.78 is 0. The van der Waals surface area contributed by atoms with E-state index in [-0.39, 0.29) is 6.03 Å². The van der Waals surface area contributed by atoms with Crippen molar-refractivity contribution in [2.75, 3.05) is 13.1 Å². The van der Waals surface area contributed by atoms with Gasteiger partial charge in [0.15, 0.2) is 0 Å². The molecule has 0 unspecified atom stereocenters. The fourth-order valence-corrected chi connectivity index (χ4v) is 1.89. The quantitative estimate of drug-likeness (QED) is 0.840. The van der Waals surface area contributed by atoms with Gasteiger partial charge in [-0.2, -0.15) is 0 Å². The van der Waals surface area contributed by atoms with Gasteiger partial charge in [-0.3, -0.25) is 15.1 Å². The van der Waals surface area contributed by atoms with E-state index in [9.17, 15) is 9.59 Å². The minimum atomic E-state index is -0.405. The molecule has 0 aliphatic rings. The van der Waals surface area contributed by atoms with E-state index in [0.29, 0.717) is 30.5 Å². The van der Waals surface area contributed by atoms with Crippen molar-refractivity contribution in [2.24, 2.45) is 11.8 Å². The minimum absolute atomic E-state index is 0.324. The molecule has 0 fully saturated rings. The van der Waals surface area contributed by atoms with Crippen molar-refractivity contribution in [3.05, 3.63) is 30.1 Å². The van der Waals surface area contributed by atoms with Gasteiger partial charge in [-0.15, -0.1) is 0 Å². The molecule has 22 heavy (non-hydrogen) atoms. The van der Waals surface area contributed by atoms with E-state index in [1.165, 1.54) is 6.20 Å². The summed E-state index contributed by atoms with van der Waals surface area (Å²) in [4.78, 5) is 30.0. The first kappa shape index (κ1) is 18.1. The molecule has 1 aromatic heterocycles. The number of urea groups is 1. The van der Waals surface area contributed by atoms with Crippen LogP contribution in [0.1, 0.15) is 50.9 Å². The number of carbonyl (C=O) groups excluding carboxylic acids is 2. The Balaban J connectivity index is 2.63. The van der Waals surface area contributed by atoms with E-state index in [0.717, 1.165) is 12.8 Å². The summed E-state index contributed by atoms with van der Waals surface area (Å²) >= 11 is 0. The van der Waals surface area contributed by atoms with Crippen molar-refractivity contribution >= 4 is 11.9 Å². The second-order valence-electron chi connectivity index (χ2n) is 6.35. The maximum Gasteiger partial charge on any atom is 0.324 e. The third-order valence-corrected chi connectivity index (χ3v) is 3.38. The molecule has 0 radical (unpaired) electrons. The number of imide groups is 1. The Kier molecular flexibility index (Phi) is 7.57. The number of amides is 3. The van der Waals surface area contributed by atoms with Crippen molar-refractivity contribution in [3.63, 3.8) is 0 Å². The molecule has 0 aliphatic heterocycles. The third kappa shape index (κ3) is 6.70. The molecule has 1 aromatic rings. The van der Waals surface area contributed by atoms with Gasteiger partial charge >= 0.3 is 6.03 Å². The first-order valence-corrected chi connectivity index (χ1v) is 7.90. The molecule has 5 nitrogen and oxygen atoms in total. The predicted molar refractivity (Wildman–Crippen MR) is 87.6 cm³/mol. The highest BCUT2D eigenvalue weighted by Gasteiger charge is 2.17. The maximum absolute atomic E-state index is 12.3. The molecule has 1 rings (SSSR count). The maximum atomic E-state index is 12.3. The number of hydrogen-bond acceptors (Lipinski definition) is 3. The molecule has 122 valence electrons. The van der Waals surface area contributed by atoms with Crippen molar-refractivity contribution in [3.8, 4) is 0 Å². The van der Waals surface area contributed by atoms with Gasteiger partial charge in [0.1, 0.15) is 0 Å². The Morgan fingerprint density at radius 1 is 1.14 bits per heavy atom. The second kappa shape index (κ2) is 9.18. The minimum Gasteiger partial charge on any atom is -0.324 e. The predicted octanol–water partition coefficient (Wildman–Crippen LogP) is 3.33. The van der Waals surface area contributed by atoms with Crippen LogP contribution in [0.4, 0.5) is 4.79 Å². The third-order valence-electron chi connectivity index (χ3n) is 3.38. The van der Waals surface area contributed by atoms with E-state index in [2.05, 4.69) is 38.0 Å². The molecule has 0 spiro atoms. The Hall–Kier alpha value is -1.91. The van der Waals surface area contributed by atoms with Crippen LogP contribution in [-0.4, -0.2) is 34.9 Å². The summed E-state index contributed by atoms with van der Waals surface area (Å²) in [7, 11) is 0. The molecule has 0 bridgehead atoms. The number of carbonyl (C=O) groups is 2. The fraction of sp³-hybridized carbons (Fsp3) is 0.588. The summed E-state index contributed by atoms with van der Waals surface area (Å²) in [6, 6.07) is 2.99. The van der Waals surface area contributed by atoms with Crippen LogP contribution in [0.3, 0.4) is 0 Å². The van der Waals surface area contributed by atoms with Crippen molar-refractivity contribution in [1.82, 2.24) is 15.2 Å². The van der Waals surface area contributed by atoms with Gasteiger partial charge in [-0.1, -0.05) is 27.7 Å². The zero-order chi connectivity index (χ0) is 16.5. The van der Waals surface area contributed by atoms with Crippen molar-refractivity contribution < 1.29 is 9.59 Å². The lowest BCUT2D eigenvalue weighted by atomic mass is 10.1. The van der Waals surface area contributed by atoms with Gasteiger partial charge in [0.05, 0.1) is 5.56 Å². The summed E-state index contributed by atoms with van der Waals surface area (Å²) in [5, 5.41) is 2.45. The molecular weight excluding hydrogens is 278 g/mol. The molecule has 0 saturated carbocycles. The number of hydrogen-bond donors (Lipinski definition) is 1. The molecule has 0 atom stereocenters.